The molecule has 0 atom stereocenters. The summed E-state index contributed by atoms with van der Waals surface area (Å²) < 4.78 is 40.7. The van der Waals surface area contributed by atoms with Crippen molar-refractivity contribution in [2.45, 2.75) is 64.6 Å². The van der Waals surface area contributed by atoms with E-state index < -0.39 is 35.1 Å². The predicted octanol–water partition coefficient (Wildman–Crippen LogP) is 3.58. The first kappa shape index (κ1) is 23.8. The molecule has 11 heteroatoms. The van der Waals surface area contributed by atoms with Gasteiger partial charge in [0, 0.05) is 11.3 Å². The van der Waals surface area contributed by atoms with Crippen molar-refractivity contribution < 1.29 is 27.6 Å². The third-order valence-corrected chi connectivity index (χ3v) is 6.72. The minimum Gasteiger partial charge on any atom is -0.322 e. The number of carbonyl (C=O) groups is 3. The normalized spacial score (nSPS) is 22.9. The fraction of sp³-hybridized carbons (Fsp3) is 0.478. The number of nitrogens with zero attached hydrogens (tertiary/aromatic N) is 3. The van der Waals surface area contributed by atoms with Crippen LogP contribution in [0.3, 0.4) is 0 Å². The topological polar surface area (TPSA) is 96.3 Å². The number of hydrazine groups is 1. The molecule has 4 rings (SSSR count). The molecule has 0 radical (unpaired) electrons. The van der Waals surface area contributed by atoms with Crippen LogP contribution in [0.2, 0.25) is 0 Å². The second-order valence-electron chi connectivity index (χ2n) is 9.16. The Kier molecular flexibility index (Phi) is 5.91. The summed E-state index contributed by atoms with van der Waals surface area (Å²) in [6.07, 6.45) is -2.04. The van der Waals surface area contributed by atoms with Crippen LogP contribution in [-0.2, 0) is 22.2 Å². The van der Waals surface area contributed by atoms with Gasteiger partial charge in [-0.25, -0.2) is 9.48 Å². The highest BCUT2D eigenvalue weighted by Crippen LogP contribution is 2.36. The van der Waals surface area contributed by atoms with E-state index in [-0.39, 0.29) is 12.1 Å². The monoisotopic (exact) mass is 477 g/mol. The molecule has 0 bridgehead atoms. The summed E-state index contributed by atoms with van der Waals surface area (Å²) in [7, 11) is 0. The van der Waals surface area contributed by atoms with Crippen LogP contribution in [0.25, 0.3) is 5.69 Å². The SMILES string of the molecule is Cc1nn(-c2cccc(C(F)(F)F)c2)c(C)c1CC(=O)NN1C(=O)NC2(CCC(C)CC2)C1=O. The van der Waals surface area contributed by atoms with Crippen molar-refractivity contribution in [1.29, 1.82) is 0 Å². The third kappa shape index (κ3) is 4.26. The largest absolute Gasteiger partial charge is 0.416 e. The van der Waals surface area contributed by atoms with E-state index in [0.29, 0.717) is 35.7 Å². The molecular weight excluding hydrogens is 451 g/mol. The first-order valence-electron chi connectivity index (χ1n) is 11.1. The number of imide groups is 1. The molecule has 2 N–H and O–H groups in total. The van der Waals surface area contributed by atoms with Gasteiger partial charge in [0.2, 0.25) is 5.91 Å². The molecule has 1 aliphatic heterocycles. The maximum atomic E-state index is 13.1. The van der Waals surface area contributed by atoms with Gasteiger partial charge in [-0.3, -0.25) is 15.0 Å². The summed E-state index contributed by atoms with van der Waals surface area (Å²) in [6.45, 7) is 5.39. The number of halogens is 3. The molecule has 8 nitrogen and oxygen atoms in total. The van der Waals surface area contributed by atoms with Gasteiger partial charge in [0.15, 0.2) is 0 Å². The van der Waals surface area contributed by atoms with Crippen LogP contribution in [0.15, 0.2) is 24.3 Å². The zero-order chi connectivity index (χ0) is 24.8. The van der Waals surface area contributed by atoms with E-state index in [2.05, 4.69) is 22.8 Å². The number of benzene rings is 1. The Balaban J connectivity index is 1.50. The Labute approximate surface area is 194 Å². The summed E-state index contributed by atoms with van der Waals surface area (Å²) in [4.78, 5) is 38.1. The molecule has 1 saturated heterocycles. The van der Waals surface area contributed by atoms with Crippen molar-refractivity contribution in [2.24, 2.45) is 5.92 Å². The quantitative estimate of drug-likeness (QED) is 0.658. The first-order chi connectivity index (χ1) is 15.9. The van der Waals surface area contributed by atoms with Crippen molar-refractivity contribution in [3.63, 3.8) is 0 Å². The number of alkyl halides is 3. The molecule has 182 valence electrons. The van der Waals surface area contributed by atoms with Gasteiger partial charge in [0.05, 0.1) is 23.4 Å². The summed E-state index contributed by atoms with van der Waals surface area (Å²) in [5, 5.41) is 7.78. The molecule has 2 aliphatic rings. The number of amides is 4. The number of carbonyl (C=O) groups excluding carboxylic acids is 3. The van der Waals surface area contributed by atoms with Crippen LogP contribution in [-0.4, -0.2) is 38.2 Å². The number of nitrogens with one attached hydrogen (secondary N) is 2. The van der Waals surface area contributed by atoms with Crippen molar-refractivity contribution in [3.8, 4) is 5.69 Å². The molecule has 2 heterocycles. The maximum absolute atomic E-state index is 13.1. The summed E-state index contributed by atoms with van der Waals surface area (Å²) in [5.41, 5.74) is 2.27. The lowest BCUT2D eigenvalue weighted by Crippen LogP contribution is -2.51. The van der Waals surface area contributed by atoms with E-state index in [1.165, 1.54) is 16.8 Å². The van der Waals surface area contributed by atoms with Gasteiger partial charge >= 0.3 is 12.2 Å². The van der Waals surface area contributed by atoms with Crippen LogP contribution < -0.4 is 10.7 Å². The molecule has 1 saturated carbocycles. The maximum Gasteiger partial charge on any atom is 0.416 e. The van der Waals surface area contributed by atoms with E-state index in [0.717, 1.165) is 30.0 Å². The van der Waals surface area contributed by atoms with Gasteiger partial charge in [0.1, 0.15) is 5.54 Å². The van der Waals surface area contributed by atoms with Crippen molar-refractivity contribution in [3.05, 3.63) is 46.8 Å². The molecule has 1 aliphatic carbocycles. The van der Waals surface area contributed by atoms with E-state index >= 15 is 0 Å². The molecular formula is C23H26F3N5O3. The van der Waals surface area contributed by atoms with Crippen LogP contribution in [0.4, 0.5) is 18.0 Å². The molecule has 0 unspecified atom stereocenters. The lowest BCUT2D eigenvalue weighted by Gasteiger charge is -2.33. The average Bonchev–Trinajstić information content (AvgIpc) is 3.18. The highest BCUT2D eigenvalue weighted by molar-refractivity contribution is 6.08. The fourth-order valence-corrected chi connectivity index (χ4v) is 4.64. The zero-order valence-electron chi connectivity index (χ0n) is 19.1. The first-order valence-corrected chi connectivity index (χ1v) is 11.1. The number of urea groups is 1. The van der Waals surface area contributed by atoms with Gasteiger partial charge in [-0.15, -0.1) is 0 Å². The molecule has 1 aromatic carbocycles. The van der Waals surface area contributed by atoms with E-state index in [9.17, 15) is 27.6 Å². The van der Waals surface area contributed by atoms with Crippen LogP contribution in [0.1, 0.15) is 55.1 Å². The third-order valence-electron chi connectivity index (χ3n) is 6.72. The molecule has 2 fully saturated rings. The zero-order valence-corrected chi connectivity index (χ0v) is 19.1. The van der Waals surface area contributed by atoms with Crippen LogP contribution in [0, 0.1) is 19.8 Å². The van der Waals surface area contributed by atoms with E-state index in [1.54, 1.807) is 13.8 Å². The second kappa shape index (κ2) is 8.44. The number of aromatic nitrogens is 2. The number of rotatable bonds is 4. The highest BCUT2D eigenvalue weighted by atomic mass is 19.4. The van der Waals surface area contributed by atoms with E-state index in [1.807, 2.05) is 0 Å². The number of aryl methyl sites for hydroxylation is 1. The summed E-state index contributed by atoms with van der Waals surface area (Å²) in [6, 6.07) is 4.08. The molecule has 1 spiro atoms. The second-order valence-corrected chi connectivity index (χ2v) is 9.16. The van der Waals surface area contributed by atoms with Crippen molar-refractivity contribution in [2.75, 3.05) is 0 Å². The predicted molar refractivity (Wildman–Crippen MR) is 116 cm³/mol. The highest BCUT2D eigenvalue weighted by Gasteiger charge is 2.52. The Morgan fingerprint density at radius 2 is 1.91 bits per heavy atom. The Hall–Kier alpha value is -3.37. The van der Waals surface area contributed by atoms with Crippen molar-refractivity contribution in [1.82, 2.24) is 25.5 Å². The van der Waals surface area contributed by atoms with E-state index in [4.69, 9.17) is 0 Å². The smallest absolute Gasteiger partial charge is 0.322 e. The van der Waals surface area contributed by atoms with Crippen LogP contribution >= 0.6 is 0 Å². The average molecular weight is 477 g/mol. The molecule has 34 heavy (non-hydrogen) atoms. The van der Waals surface area contributed by atoms with Gasteiger partial charge in [-0.05, 0) is 63.6 Å². The minimum atomic E-state index is -4.49. The van der Waals surface area contributed by atoms with Gasteiger partial charge in [-0.1, -0.05) is 13.0 Å². The minimum absolute atomic E-state index is 0.197. The number of hydrogen-bond acceptors (Lipinski definition) is 4. The van der Waals surface area contributed by atoms with Crippen molar-refractivity contribution >= 4 is 17.8 Å². The van der Waals surface area contributed by atoms with Gasteiger partial charge < -0.3 is 5.32 Å². The lowest BCUT2D eigenvalue weighted by molar-refractivity contribution is -0.139. The summed E-state index contributed by atoms with van der Waals surface area (Å²) >= 11 is 0. The lowest BCUT2D eigenvalue weighted by atomic mass is 9.77. The van der Waals surface area contributed by atoms with Crippen LogP contribution in [0.5, 0.6) is 0 Å². The van der Waals surface area contributed by atoms with Gasteiger partial charge in [-0.2, -0.15) is 23.3 Å². The van der Waals surface area contributed by atoms with Gasteiger partial charge in [0.25, 0.3) is 5.91 Å². The molecule has 1 aromatic heterocycles. The number of hydrogen-bond donors (Lipinski definition) is 2. The Bertz CT molecular complexity index is 1150. The summed E-state index contributed by atoms with van der Waals surface area (Å²) in [5.74, 6) is -0.594. The Morgan fingerprint density at radius 1 is 1.24 bits per heavy atom. The standard InChI is InChI=1S/C23H26F3N5O3/c1-13-7-9-22(10-8-13)20(33)31(21(34)27-22)29-19(32)12-18-14(2)28-30(15(18)3)17-6-4-5-16(11-17)23(24,25)26/h4-6,11,13H,7-10,12H2,1-3H3,(H,27,34)(H,29,32). The fourth-order valence-electron chi connectivity index (χ4n) is 4.64. The molecule has 2 aromatic rings. The molecule has 4 amide bonds. The Morgan fingerprint density at radius 3 is 2.56 bits per heavy atom.